The summed E-state index contributed by atoms with van der Waals surface area (Å²) < 4.78 is 16.2. The van der Waals surface area contributed by atoms with Gasteiger partial charge in [-0.3, -0.25) is 20.4 Å². The number of hydrogen-bond acceptors (Lipinski definition) is 6. The molecule has 2 aliphatic heterocycles. The Balaban J connectivity index is 1.45. The first kappa shape index (κ1) is 20.8. The number of carbonyl (C=O) groups excluding carboxylic acids is 3. The van der Waals surface area contributed by atoms with Crippen LogP contribution in [0.3, 0.4) is 0 Å². The van der Waals surface area contributed by atoms with E-state index in [-0.39, 0.29) is 17.9 Å². The van der Waals surface area contributed by atoms with E-state index in [2.05, 4.69) is 10.9 Å². The van der Waals surface area contributed by atoms with Crippen LogP contribution in [0.5, 0.6) is 11.5 Å². The number of rotatable bonds is 2. The summed E-state index contributed by atoms with van der Waals surface area (Å²) in [5, 5.41) is 0. The van der Waals surface area contributed by atoms with Crippen molar-refractivity contribution in [1.82, 2.24) is 15.8 Å². The van der Waals surface area contributed by atoms with Crippen molar-refractivity contribution in [2.45, 2.75) is 39.2 Å². The Kier molecular flexibility index (Phi) is 6.14. The minimum Gasteiger partial charge on any atom is -0.486 e. The van der Waals surface area contributed by atoms with Crippen LogP contribution >= 0.6 is 0 Å². The molecule has 3 amide bonds. The van der Waals surface area contributed by atoms with Crippen LogP contribution in [-0.4, -0.2) is 54.7 Å². The third kappa shape index (κ3) is 5.52. The highest BCUT2D eigenvalue weighted by Crippen LogP contribution is 2.30. The van der Waals surface area contributed by atoms with Gasteiger partial charge in [0, 0.05) is 24.6 Å². The summed E-state index contributed by atoms with van der Waals surface area (Å²) in [6.45, 7) is 7.21. The largest absolute Gasteiger partial charge is 0.486 e. The Bertz CT molecular complexity index is 781. The topological polar surface area (TPSA) is 106 Å². The molecule has 9 heteroatoms. The van der Waals surface area contributed by atoms with E-state index in [1.807, 2.05) is 20.8 Å². The summed E-state index contributed by atoms with van der Waals surface area (Å²) in [6, 6.07) is 4.85. The van der Waals surface area contributed by atoms with Gasteiger partial charge in [-0.2, -0.15) is 0 Å². The number of ether oxygens (including phenoxy) is 3. The highest BCUT2D eigenvalue weighted by Gasteiger charge is 2.30. The molecule has 3 rings (SSSR count). The molecule has 0 spiro atoms. The van der Waals surface area contributed by atoms with E-state index >= 15 is 0 Å². The maximum absolute atomic E-state index is 12.4. The summed E-state index contributed by atoms with van der Waals surface area (Å²) >= 11 is 0. The fraction of sp³-hybridized carbons (Fsp3) is 0.550. The lowest BCUT2D eigenvalue weighted by molar-refractivity contribution is -0.127. The van der Waals surface area contributed by atoms with Crippen LogP contribution in [0.1, 0.15) is 44.0 Å². The van der Waals surface area contributed by atoms with E-state index in [1.165, 1.54) is 0 Å². The maximum atomic E-state index is 12.4. The molecule has 0 unspecified atom stereocenters. The number of benzene rings is 1. The second-order valence-corrected chi connectivity index (χ2v) is 8.04. The van der Waals surface area contributed by atoms with Crippen molar-refractivity contribution < 1.29 is 28.6 Å². The Morgan fingerprint density at radius 2 is 1.69 bits per heavy atom. The van der Waals surface area contributed by atoms with Crippen LogP contribution in [0.25, 0.3) is 0 Å². The van der Waals surface area contributed by atoms with Crippen molar-refractivity contribution in [2.75, 3.05) is 26.3 Å². The zero-order chi connectivity index (χ0) is 21.0. The number of nitrogens with one attached hydrogen (secondary N) is 2. The maximum Gasteiger partial charge on any atom is 0.410 e. The molecule has 2 aliphatic rings. The van der Waals surface area contributed by atoms with E-state index in [1.54, 1.807) is 23.1 Å². The molecule has 0 aromatic heterocycles. The molecule has 1 aromatic rings. The van der Waals surface area contributed by atoms with Crippen molar-refractivity contribution in [3.8, 4) is 11.5 Å². The SMILES string of the molecule is CC(C)(C)OC(=O)N1CCC(C(=O)NNC(=O)c2ccc3c(c2)OCCO3)CC1. The lowest BCUT2D eigenvalue weighted by Gasteiger charge is -2.32. The smallest absolute Gasteiger partial charge is 0.410 e. The number of fused-ring (bicyclic) bond motifs is 1. The fourth-order valence-electron chi connectivity index (χ4n) is 3.13. The second kappa shape index (κ2) is 8.59. The molecule has 0 bridgehead atoms. The molecule has 1 fully saturated rings. The van der Waals surface area contributed by atoms with Crippen molar-refractivity contribution in [1.29, 1.82) is 0 Å². The van der Waals surface area contributed by atoms with Crippen molar-refractivity contribution in [2.24, 2.45) is 5.92 Å². The van der Waals surface area contributed by atoms with Gasteiger partial charge in [-0.25, -0.2) is 4.79 Å². The van der Waals surface area contributed by atoms with Gasteiger partial charge in [-0.1, -0.05) is 0 Å². The fourth-order valence-corrected chi connectivity index (χ4v) is 3.13. The van der Waals surface area contributed by atoms with Crippen LogP contribution in [0, 0.1) is 5.92 Å². The third-order valence-electron chi connectivity index (χ3n) is 4.62. The Morgan fingerprint density at radius 3 is 2.34 bits per heavy atom. The van der Waals surface area contributed by atoms with Gasteiger partial charge < -0.3 is 19.1 Å². The lowest BCUT2D eigenvalue weighted by atomic mass is 9.96. The summed E-state index contributed by atoms with van der Waals surface area (Å²) in [7, 11) is 0. The van der Waals surface area contributed by atoms with E-state index in [0.29, 0.717) is 56.2 Å². The third-order valence-corrected chi connectivity index (χ3v) is 4.62. The van der Waals surface area contributed by atoms with Crippen LogP contribution < -0.4 is 20.3 Å². The van der Waals surface area contributed by atoms with E-state index in [4.69, 9.17) is 14.2 Å². The number of hydrogen-bond donors (Lipinski definition) is 2. The first-order valence-corrected chi connectivity index (χ1v) is 9.71. The molecular weight excluding hydrogens is 378 g/mol. The standard InChI is InChI=1S/C20H27N3O6/c1-20(2,3)29-19(26)23-8-6-13(7-9-23)17(24)21-22-18(25)14-4-5-15-16(12-14)28-11-10-27-15/h4-5,12-13H,6-11H2,1-3H3,(H,21,24)(H,22,25). The Labute approximate surface area is 169 Å². The zero-order valence-corrected chi connectivity index (χ0v) is 16.9. The summed E-state index contributed by atoms with van der Waals surface area (Å²) in [4.78, 5) is 38.4. The second-order valence-electron chi connectivity index (χ2n) is 8.04. The average molecular weight is 405 g/mol. The zero-order valence-electron chi connectivity index (χ0n) is 16.9. The number of likely N-dealkylation sites (tertiary alicyclic amines) is 1. The molecule has 0 saturated carbocycles. The number of carbonyl (C=O) groups is 3. The molecule has 29 heavy (non-hydrogen) atoms. The van der Waals surface area contributed by atoms with Crippen molar-refractivity contribution in [3.63, 3.8) is 0 Å². The predicted octanol–water partition coefficient (Wildman–Crippen LogP) is 1.87. The number of amides is 3. The van der Waals surface area contributed by atoms with E-state index in [9.17, 15) is 14.4 Å². The van der Waals surface area contributed by atoms with Gasteiger partial charge >= 0.3 is 6.09 Å². The van der Waals surface area contributed by atoms with Crippen LogP contribution in [0.4, 0.5) is 4.79 Å². The van der Waals surface area contributed by atoms with Crippen LogP contribution in [0.2, 0.25) is 0 Å². The first-order valence-electron chi connectivity index (χ1n) is 9.71. The minimum atomic E-state index is -0.552. The van der Waals surface area contributed by atoms with Crippen molar-refractivity contribution in [3.05, 3.63) is 23.8 Å². The normalized spacial score (nSPS) is 16.7. The summed E-state index contributed by atoms with van der Waals surface area (Å²) in [6.07, 6.45) is 0.638. The molecule has 0 atom stereocenters. The minimum absolute atomic E-state index is 0.278. The predicted molar refractivity (Wildman–Crippen MR) is 104 cm³/mol. The monoisotopic (exact) mass is 405 g/mol. The molecule has 2 heterocycles. The number of nitrogens with zero attached hydrogens (tertiary/aromatic N) is 1. The molecule has 1 saturated heterocycles. The van der Waals surface area contributed by atoms with E-state index < -0.39 is 11.5 Å². The Hall–Kier alpha value is -2.97. The summed E-state index contributed by atoms with van der Waals surface area (Å²) in [5.41, 5.74) is 4.70. The van der Waals surface area contributed by atoms with Gasteiger partial charge in [0.2, 0.25) is 5.91 Å². The van der Waals surface area contributed by atoms with Gasteiger partial charge in [-0.15, -0.1) is 0 Å². The number of hydrazine groups is 1. The molecule has 1 aromatic carbocycles. The summed E-state index contributed by atoms with van der Waals surface area (Å²) in [5.74, 6) is 0.0915. The highest BCUT2D eigenvalue weighted by atomic mass is 16.6. The Morgan fingerprint density at radius 1 is 1.03 bits per heavy atom. The van der Waals surface area contributed by atoms with Gasteiger partial charge in [0.05, 0.1) is 0 Å². The molecule has 0 aliphatic carbocycles. The molecule has 0 radical (unpaired) electrons. The van der Waals surface area contributed by atoms with Crippen molar-refractivity contribution >= 4 is 17.9 Å². The van der Waals surface area contributed by atoms with Gasteiger partial charge in [0.1, 0.15) is 18.8 Å². The first-order chi connectivity index (χ1) is 13.7. The molecule has 2 N–H and O–H groups in total. The highest BCUT2D eigenvalue weighted by molar-refractivity contribution is 5.96. The van der Waals surface area contributed by atoms with Crippen LogP contribution in [0.15, 0.2) is 18.2 Å². The quantitative estimate of drug-likeness (QED) is 0.728. The van der Waals surface area contributed by atoms with Gasteiger partial charge in [0.15, 0.2) is 11.5 Å². The molecule has 158 valence electrons. The molecule has 9 nitrogen and oxygen atoms in total. The number of piperidine rings is 1. The molecular formula is C20H27N3O6. The van der Waals surface area contributed by atoms with Gasteiger partial charge in [-0.05, 0) is 51.8 Å². The lowest BCUT2D eigenvalue weighted by Crippen LogP contribution is -2.48. The van der Waals surface area contributed by atoms with Gasteiger partial charge in [0.25, 0.3) is 5.91 Å². The van der Waals surface area contributed by atoms with Crippen LogP contribution in [-0.2, 0) is 9.53 Å². The average Bonchev–Trinajstić information content (AvgIpc) is 2.70. The van der Waals surface area contributed by atoms with E-state index in [0.717, 1.165) is 0 Å².